The van der Waals surface area contributed by atoms with Gasteiger partial charge in [0.1, 0.15) is 17.7 Å². The molecule has 0 saturated carbocycles. The van der Waals surface area contributed by atoms with Crippen molar-refractivity contribution in [3.63, 3.8) is 0 Å². The van der Waals surface area contributed by atoms with Crippen LogP contribution < -0.4 is 10.2 Å². The van der Waals surface area contributed by atoms with E-state index in [2.05, 4.69) is 18.5 Å². The molecular formula is C44H53N3O8. The maximum Gasteiger partial charge on any atom is 0.313 e. The number of anilines is 1. The Labute approximate surface area is 323 Å². The highest BCUT2D eigenvalue weighted by molar-refractivity contribution is 6.05. The number of esters is 1. The summed E-state index contributed by atoms with van der Waals surface area (Å²) in [7, 11) is 1.51. The largest absolute Gasteiger partial charge is 0.455 e. The fourth-order valence-electron chi connectivity index (χ4n) is 8.92. The van der Waals surface area contributed by atoms with Crippen LogP contribution in [0, 0.1) is 17.8 Å². The smallest absolute Gasteiger partial charge is 0.313 e. The van der Waals surface area contributed by atoms with Crippen LogP contribution in [0.5, 0.6) is 0 Å². The first kappa shape index (κ1) is 39.8. The molecular weight excluding hydrogens is 698 g/mol. The summed E-state index contributed by atoms with van der Waals surface area (Å²) in [6.07, 6.45) is 3.59. The second-order valence-corrected chi connectivity index (χ2v) is 15.3. The lowest BCUT2D eigenvalue weighted by Gasteiger charge is -2.39. The topological polar surface area (TPSA) is 135 Å². The van der Waals surface area contributed by atoms with Crippen molar-refractivity contribution in [1.29, 1.82) is 0 Å². The lowest BCUT2D eigenvalue weighted by atomic mass is 9.70. The molecule has 11 nitrogen and oxygen atoms in total. The first-order valence-electron chi connectivity index (χ1n) is 19.2. The Morgan fingerprint density at radius 3 is 2.45 bits per heavy atom. The number of fused-ring (bicyclic) bond motifs is 2. The molecule has 3 heterocycles. The Kier molecular flexibility index (Phi) is 12.5. The number of benzene rings is 3. The maximum absolute atomic E-state index is 15.2. The Morgan fingerprint density at radius 2 is 1.78 bits per heavy atom. The van der Waals surface area contributed by atoms with Gasteiger partial charge < -0.3 is 34.4 Å². The van der Waals surface area contributed by atoms with Gasteiger partial charge in [0.25, 0.3) is 5.91 Å². The van der Waals surface area contributed by atoms with Gasteiger partial charge in [-0.15, -0.1) is 13.2 Å². The number of nitrogens with zero attached hydrogens (tertiary/aromatic N) is 2. The van der Waals surface area contributed by atoms with Gasteiger partial charge in [0, 0.05) is 25.8 Å². The molecule has 1 spiro atoms. The van der Waals surface area contributed by atoms with Crippen molar-refractivity contribution in [1.82, 2.24) is 10.2 Å². The van der Waals surface area contributed by atoms with E-state index in [9.17, 15) is 19.5 Å². The number of carbonyl (C=O) groups excluding carboxylic acids is 4. The SMILES string of the molecule is C=CCCC(=O)N[C@H](COC)[C@H](OC(=O)[C@@H]1[C@@H]2CC[C@]3(O2)[C@H](C(=O)N(CC=C)c2ccc4ccccc4c2)N([C@@H](CO)CC(C)C)C(=O)[C@@H]13)c1ccccc1. The number of likely N-dealkylation sites (tertiary alicyclic amines) is 1. The highest BCUT2D eigenvalue weighted by Gasteiger charge is 2.75. The minimum absolute atomic E-state index is 0.0508. The molecule has 3 aliphatic heterocycles. The van der Waals surface area contributed by atoms with E-state index in [1.165, 1.54) is 12.0 Å². The fourth-order valence-corrected chi connectivity index (χ4v) is 8.92. The van der Waals surface area contributed by atoms with E-state index in [0.29, 0.717) is 36.9 Å². The van der Waals surface area contributed by atoms with Crippen molar-refractivity contribution in [3.05, 3.63) is 104 Å². The molecule has 8 atom stereocenters. The summed E-state index contributed by atoms with van der Waals surface area (Å²) in [6.45, 7) is 11.5. The lowest BCUT2D eigenvalue weighted by Crippen LogP contribution is -2.59. The molecule has 0 aliphatic carbocycles. The van der Waals surface area contributed by atoms with Crippen molar-refractivity contribution in [2.45, 2.75) is 81.9 Å². The van der Waals surface area contributed by atoms with E-state index >= 15 is 4.79 Å². The summed E-state index contributed by atoms with van der Waals surface area (Å²) in [4.78, 5) is 60.9. The molecule has 6 rings (SSSR count). The normalized spacial score (nSPS) is 24.3. The number of aliphatic hydroxyl groups excluding tert-OH is 1. The Hall–Kier alpha value is -4.84. The summed E-state index contributed by atoms with van der Waals surface area (Å²) in [5, 5.41) is 15.7. The van der Waals surface area contributed by atoms with Crippen LogP contribution in [0.4, 0.5) is 5.69 Å². The number of nitrogens with one attached hydrogen (secondary N) is 1. The Balaban J connectivity index is 1.38. The first-order valence-corrected chi connectivity index (χ1v) is 19.2. The molecule has 292 valence electrons. The number of amides is 3. The van der Waals surface area contributed by atoms with Gasteiger partial charge in [-0.2, -0.15) is 0 Å². The third-order valence-corrected chi connectivity index (χ3v) is 11.2. The van der Waals surface area contributed by atoms with Gasteiger partial charge in [0.05, 0.1) is 43.2 Å². The Morgan fingerprint density at radius 1 is 1.05 bits per heavy atom. The van der Waals surface area contributed by atoms with E-state index in [-0.39, 0.29) is 43.9 Å². The first-order chi connectivity index (χ1) is 26.6. The third kappa shape index (κ3) is 7.83. The zero-order valence-corrected chi connectivity index (χ0v) is 32.0. The average molecular weight is 752 g/mol. The minimum atomic E-state index is -1.34. The second kappa shape index (κ2) is 17.3. The van der Waals surface area contributed by atoms with E-state index < -0.39 is 59.6 Å². The van der Waals surface area contributed by atoms with E-state index in [1.807, 2.05) is 86.6 Å². The molecule has 3 aromatic rings. The summed E-state index contributed by atoms with van der Waals surface area (Å²) < 4.78 is 18.6. The van der Waals surface area contributed by atoms with Crippen molar-refractivity contribution in [2.75, 3.05) is 31.8 Å². The predicted octanol–water partition coefficient (Wildman–Crippen LogP) is 5.52. The summed E-state index contributed by atoms with van der Waals surface area (Å²) in [5.74, 6) is -3.66. The Bertz CT molecular complexity index is 1880. The van der Waals surface area contributed by atoms with Crippen LogP contribution in [0.2, 0.25) is 0 Å². The molecule has 0 radical (unpaired) electrons. The zero-order valence-electron chi connectivity index (χ0n) is 32.0. The van der Waals surface area contributed by atoms with Gasteiger partial charge in [-0.05, 0) is 60.1 Å². The molecule has 3 aliphatic rings. The molecule has 55 heavy (non-hydrogen) atoms. The van der Waals surface area contributed by atoms with Crippen LogP contribution in [0.1, 0.15) is 57.6 Å². The van der Waals surface area contributed by atoms with Gasteiger partial charge in [-0.1, -0.05) is 86.7 Å². The molecule has 0 aromatic heterocycles. The number of hydrogen-bond acceptors (Lipinski definition) is 8. The third-order valence-electron chi connectivity index (χ3n) is 11.2. The van der Waals surface area contributed by atoms with E-state index in [0.717, 1.165) is 10.8 Å². The van der Waals surface area contributed by atoms with E-state index in [4.69, 9.17) is 14.2 Å². The molecule has 3 aromatic carbocycles. The van der Waals surface area contributed by atoms with E-state index in [1.54, 1.807) is 17.1 Å². The highest BCUT2D eigenvalue weighted by Crippen LogP contribution is 2.59. The summed E-state index contributed by atoms with van der Waals surface area (Å²) in [6, 6.07) is 20.2. The van der Waals surface area contributed by atoms with Crippen LogP contribution in [-0.2, 0) is 33.4 Å². The van der Waals surface area contributed by atoms with Crippen molar-refractivity contribution in [3.8, 4) is 0 Å². The number of rotatable bonds is 18. The molecule has 3 amide bonds. The van der Waals surface area contributed by atoms with Gasteiger partial charge >= 0.3 is 5.97 Å². The number of carbonyl (C=O) groups is 4. The van der Waals surface area contributed by atoms with Gasteiger partial charge in [0.15, 0.2) is 0 Å². The number of ether oxygens (including phenoxy) is 3. The standard InChI is InChI=1S/C44H53N3O8/c1-6-8-18-36(49)45-34(27-53-5)39(30-15-10-9-11-16-30)54-43(52)37-35-21-22-44(55-35)38(37)41(50)47(33(26-48)24-28(3)4)40(44)42(51)46(23-7-2)32-20-19-29-14-12-13-17-31(29)25-32/h6-7,9-17,19-20,25,28,33-35,37-40,48H,1-2,8,18,21-24,26-27H2,3-5H3,(H,45,49)/t33-,34-,35+,37-,38-,39-,40+,44-/m1/s1. The number of aliphatic hydroxyl groups is 1. The van der Waals surface area contributed by atoms with Crippen LogP contribution in [-0.4, -0.2) is 90.4 Å². The lowest BCUT2D eigenvalue weighted by molar-refractivity contribution is -0.163. The summed E-state index contributed by atoms with van der Waals surface area (Å²) in [5.41, 5.74) is -0.0642. The van der Waals surface area contributed by atoms with Crippen LogP contribution in [0.15, 0.2) is 98.1 Å². The van der Waals surface area contributed by atoms with Crippen molar-refractivity contribution < 1.29 is 38.5 Å². The van der Waals surface area contributed by atoms with Crippen LogP contribution >= 0.6 is 0 Å². The molecule has 11 heteroatoms. The molecule has 0 unspecified atom stereocenters. The predicted molar refractivity (Wildman–Crippen MR) is 210 cm³/mol. The van der Waals surface area contributed by atoms with Crippen molar-refractivity contribution >= 4 is 40.2 Å². The van der Waals surface area contributed by atoms with Crippen molar-refractivity contribution in [2.24, 2.45) is 17.8 Å². The minimum Gasteiger partial charge on any atom is -0.455 e. The van der Waals surface area contributed by atoms with Gasteiger partial charge in [-0.25, -0.2) is 0 Å². The van der Waals surface area contributed by atoms with Crippen LogP contribution in [0.25, 0.3) is 10.8 Å². The number of allylic oxidation sites excluding steroid dienone is 1. The zero-order chi connectivity index (χ0) is 39.3. The molecule has 3 fully saturated rings. The maximum atomic E-state index is 15.2. The quantitative estimate of drug-likeness (QED) is 0.128. The highest BCUT2D eigenvalue weighted by atomic mass is 16.6. The summed E-state index contributed by atoms with van der Waals surface area (Å²) >= 11 is 0. The van der Waals surface area contributed by atoms with Gasteiger partial charge in [-0.3, -0.25) is 19.2 Å². The monoisotopic (exact) mass is 751 g/mol. The molecule has 2 bridgehead atoms. The number of hydrogen-bond donors (Lipinski definition) is 2. The van der Waals surface area contributed by atoms with Crippen LogP contribution in [0.3, 0.4) is 0 Å². The number of methoxy groups -OCH3 is 1. The molecule has 3 saturated heterocycles. The fraction of sp³-hybridized carbons (Fsp3) is 0.455. The second-order valence-electron chi connectivity index (χ2n) is 15.3. The average Bonchev–Trinajstić information content (AvgIpc) is 3.84. The van der Waals surface area contributed by atoms with Gasteiger partial charge in [0.2, 0.25) is 11.8 Å². The molecule has 2 N–H and O–H groups in total.